The first-order valence-corrected chi connectivity index (χ1v) is 5.76. The fourth-order valence-corrected chi connectivity index (χ4v) is 1.49. The van der Waals surface area contributed by atoms with Crippen LogP contribution in [0.15, 0.2) is 27.1 Å². The molecule has 0 bridgehead atoms. The lowest BCUT2D eigenvalue weighted by Gasteiger charge is -2.01. The van der Waals surface area contributed by atoms with Crippen LogP contribution in [0.3, 0.4) is 0 Å². The fourth-order valence-electron chi connectivity index (χ4n) is 1.49. The zero-order chi connectivity index (χ0) is 13.9. The van der Waals surface area contributed by atoms with E-state index < -0.39 is 5.63 Å². The molecular formula is C15H18O3. The van der Waals surface area contributed by atoms with Gasteiger partial charge >= 0.3 is 5.63 Å². The smallest absolute Gasteiger partial charge is 0.344 e. The summed E-state index contributed by atoms with van der Waals surface area (Å²) in [7, 11) is 0. The molecule has 3 heteroatoms. The van der Waals surface area contributed by atoms with Gasteiger partial charge in [-0.15, -0.1) is 0 Å². The Bertz CT molecular complexity index is 660. The van der Waals surface area contributed by atoms with Crippen LogP contribution in [0.5, 0.6) is 0 Å². The molecular weight excluding hydrogens is 228 g/mol. The van der Waals surface area contributed by atoms with Crippen LogP contribution in [0.25, 0.3) is 18.7 Å². The lowest BCUT2D eigenvalue weighted by Crippen LogP contribution is -2.40. The van der Waals surface area contributed by atoms with Crippen molar-refractivity contribution in [3.63, 3.8) is 0 Å². The summed E-state index contributed by atoms with van der Waals surface area (Å²) in [6.45, 7) is 13.0. The molecule has 0 unspecified atom stereocenters. The second kappa shape index (κ2) is 5.54. The quantitative estimate of drug-likeness (QED) is 0.830. The summed E-state index contributed by atoms with van der Waals surface area (Å²) in [4.78, 5) is 11.8. The van der Waals surface area contributed by atoms with Gasteiger partial charge < -0.3 is 9.52 Å². The molecule has 0 fully saturated rings. The van der Waals surface area contributed by atoms with Crippen LogP contribution in [0.1, 0.15) is 31.6 Å². The van der Waals surface area contributed by atoms with Gasteiger partial charge in [0.05, 0.1) is 11.0 Å². The highest BCUT2D eigenvalue weighted by Crippen LogP contribution is 2.06. The first-order chi connectivity index (χ1) is 8.36. The second-order valence-corrected chi connectivity index (χ2v) is 4.25. The zero-order valence-electron chi connectivity index (χ0n) is 11.0. The second-order valence-electron chi connectivity index (χ2n) is 4.25. The van der Waals surface area contributed by atoms with Crippen molar-refractivity contribution in [2.45, 2.75) is 27.2 Å². The maximum atomic E-state index is 11.8. The van der Waals surface area contributed by atoms with Gasteiger partial charge in [-0.1, -0.05) is 25.7 Å². The highest BCUT2D eigenvalue weighted by molar-refractivity contribution is 5.51. The molecule has 0 aromatic carbocycles. The first-order valence-electron chi connectivity index (χ1n) is 5.76. The Balaban J connectivity index is 3.64. The highest BCUT2D eigenvalue weighted by atomic mass is 16.4. The molecule has 1 N–H and O–H groups in total. The summed E-state index contributed by atoms with van der Waals surface area (Å²) < 4.78 is 5.19. The maximum Gasteiger partial charge on any atom is 0.344 e. The van der Waals surface area contributed by atoms with E-state index in [0.717, 1.165) is 11.1 Å². The van der Waals surface area contributed by atoms with Crippen molar-refractivity contribution in [1.82, 2.24) is 0 Å². The van der Waals surface area contributed by atoms with E-state index in [2.05, 4.69) is 13.2 Å². The normalized spacial score (nSPS) is 12.8. The van der Waals surface area contributed by atoms with Gasteiger partial charge in [0, 0.05) is 12.5 Å². The molecule has 3 nitrogen and oxygen atoms in total. The monoisotopic (exact) mass is 246 g/mol. The van der Waals surface area contributed by atoms with Gasteiger partial charge in [0.2, 0.25) is 0 Å². The van der Waals surface area contributed by atoms with E-state index in [1.165, 1.54) is 6.08 Å². The van der Waals surface area contributed by atoms with Crippen molar-refractivity contribution in [3.8, 4) is 0 Å². The SMILES string of the molecule is C=C(C)/C=c1/c(=O)oc(/C=C(/O)CC)c(C)c1=C. The van der Waals surface area contributed by atoms with E-state index in [1.807, 2.05) is 6.92 Å². The number of aliphatic hydroxyl groups is 1. The topological polar surface area (TPSA) is 50.4 Å². The number of hydrogen-bond acceptors (Lipinski definition) is 3. The van der Waals surface area contributed by atoms with Crippen LogP contribution >= 0.6 is 0 Å². The summed E-state index contributed by atoms with van der Waals surface area (Å²) in [5.74, 6) is 0.514. The van der Waals surface area contributed by atoms with Crippen LogP contribution in [0, 0.1) is 6.92 Å². The molecule has 0 atom stereocenters. The van der Waals surface area contributed by atoms with Gasteiger partial charge in [-0.2, -0.15) is 0 Å². The Kier molecular flexibility index (Phi) is 4.32. The lowest BCUT2D eigenvalue weighted by molar-refractivity contribution is 0.396. The average molecular weight is 246 g/mol. The Morgan fingerprint density at radius 3 is 2.61 bits per heavy atom. The number of hydrogen-bond donors (Lipinski definition) is 1. The van der Waals surface area contributed by atoms with Crippen molar-refractivity contribution >= 4 is 18.7 Å². The Labute approximate surface area is 106 Å². The van der Waals surface area contributed by atoms with E-state index >= 15 is 0 Å². The Hall–Kier alpha value is -2.03. The number of allylic oxidation sites excluding steroid dienone is 2. The third kappa shape index (κ3) is 3.00. The summed E-state index contributed by atoms with van der Waals surface area (Å²) in [6.07, 6.45) is 3.58. The molecule has 0 radical (unpaired) electrons. The molecule has 0 amide bonds. The molecule has 96 valence electrons. The molecule has 0 saturated carbocycles. The van der Waals surface area contributed by atoms with Crippen LogP contribution in [-0.4, -0.2) is 5.11 Å². The third-order valence-corrected chi connectivity index (χ3v) is 2.62. The minimum absolute atomic E-state index is 0.164. The van der Waals surface area contributed by atoms with Crippen LogP contribution in [0.2, 0.25) is 0 Å². The molecule has 0 spiro atoms. The third-order valence-electron chi connectivity index (χ3n) is 2.62. The molecule has 1 heterocycles. The van der Waals surface area contributed by atoms with Crippen LogP contribution in [0.4, 0.5) is 0 Å². The summed E-state index contributed by atoms with van der Waals surface area (Å²) >= 11 is 0. The minimum Gasteiger partial charge on any atom is -0.512 e. The molecule has 0 aliphatic carbocycles. The lowest BCUT2D eigenvalue weighted by atomic mass is 10.1. The van der Waals surface area contributed by atoms with Gasteiger partial charge in [0.25, 0.3) is 0 Å². The highest BCUT2D eigenvalue weighted by Gasteiger charge is 2.05. The molecule has 0 aliphatic heterocycles. The predicted octanol–water partition coefficient (Wildman–Crippen LogP) is 2.02. The Morgan fingerprint density at radius 1 is 1.50 bits per heavy atom. The molecule has 0 saturated heterocycles. The van der Waals surface area contributed by atoms with Gasteiger partial charge in [0.15, 0.2) is 0 Å². The fraction of sp³-hybridized carbons (Fsp3) is 0.267. The van der Waals surface area contributed by atoms with Crippen molar-refractivity contribution in [3.05, 3.63) is 50.1 Å². The largest absolute Gasteiger partial charge is 0.512 e. The summed E-state index contributed by atoms with van der Waals surface area (Å²) in [5.41, 5.74) is 1.03. The van der Waals surface area contributed by atoms with Gasteiger partial charge in [-0.3, -0.25) is 0 Å². The van der Waals surface area contributed by atoms with Gasteiger partial charge in [0.1, 0.15) is 5.76 Å². The van der Waals surface area contributed by atoms with Gasteiger partial charge in [-0.05, 0) is 30.7 Å². The van der Waals surface area contributed by atoms with E-state index in [4.69, 9.17) is 4.42 Å². The molecule has 0 aliphatic rings. The van der Waals surface area contributed by atoms with Crippen molar-refractivity contribution < 1.29 is 9.52 Å². The zero-order valence-corrected chi connectivity index (χ0v) is 11.0. The molecule has 1 rings (SSSR count). The minimum atomic E-state index is -0.469. The van der Waals surface area contributed by atoms with E-state index in [1.54, 1.807) is 19.9 Å². The number of aliphatic hydroxyl groups excluding tert-OH is 1. The summed E-state index contributed by atoms with van der Waals surface area (Å²) in [5, 5.41) is 10.5. The first kappa shape index (κ1) is 14.0. The average Bonchev–Trinajstić information content (AvgIpc) is 2.31. The molecule has 18 heavy (non-hydrogen) atoms. The molecule has 1 aromatic heterocycles. The molecule has 1 aromatic rings. The Morgan fingerprint density at radius 2 is 2.11 bits per heavy atom. The standard InChI is InChI=1S/C15H18O3/c1-6-12(16)8-14-11(5)10(4)13(7-9(2)3)15(17)18-14/h7-8,16H,2,4,6H2,1,3,5H3/b12-8+,13-7+. The van der Waals surface area contributed by atoms with Gasteiger partial charge in [-0.25, -0.2) is 4.79 Å². The van der Waals surface area contributed by atoms with Crippen molar-refractivity contribution in [1.29, 1.82) is 0 Å². The van der Waals surface area contributed by atoms with Crippen molar-refractivity contribution in [2.75, 3.05) is 0 Å². The van der Waals surface area contributed by atoms with Crippen LogP contribution in [-0.2, 0) is 0 Å². The predicted molar refractivity (Wildman–Crippen MR) is 74.7 cm³/mol. The van der Waals surface area contributed by atoms with E-state index in [0.29, 0.717) is 22.6 Å². The van der Waals surface area contributed by atoms with Crippen molar-refractivity contribution in [2.24, 2.45) is 0 Å². The maximum absolute atomic E-state index is 11.8. The van der Waals surface area contributed by atoms with E-state index in [9.17, 15) is 9.90 Å². The summed E-state index contributed by atoms with van der Waals surface area (Å²) in [6, 6.07) is 0. The van der Waals surface area contributed by atoms with Crippen LogP contribution < -0.4 is 16.1 Å². The van der Waals surface area contributed by atoms with E-state index in [-0.39, 0.29) is 5.76 Å². The number of rotatable bonds is 3.